The summed E-state index contributed by atoms with van der Waals surface area (Å²) in [5.41, 5.74) is 7.54. The minimum atomic E-state index is -0.337. The number of furan rings is 2. The largest absolute Gasteiger partial charge is 0.512 e. The second-order valence-electron chi connectivity index (χ2n) is 17.4. The summed E-state index contributed by atoms with van der Waals surface area (Å²) in [6.45, 7) is 27.5. The molecule has 1 radical (unpaired) electrons. The van der Waals surface area contributed by atoms with Gasteiger partial charge in [0.2, 0.25) is 0 Å². The van der Waals surface area contributed by atoms with Gasteiger partial charge in [-0.05, 0) is 81.0 Å². The third kappa shape index (κ3) is 8.93. The molecule has 3 heterocycles. The third-order valence-electron chi connectivity index (χ3n) is 12.1. The molecule has 0 aliphatic rings. The Morgan fingerprint density at radius 1 is 0.839 bits per heavy atom. The van der Waals surface area contributed by atoms with Crippen LogP contribution in [0, 0.1) is 36.7 Å². The fraction of sp³-hybridized carbons (Fsp3) is 0.440. The van der Waals surface area contributed by atoms with E-state index in [9.17, 15) is 9.90 Å². The smallest absolute Gasteiger partial charge is 0.164 e. The van der Waals surface area contributed by atoms with Gasteiger partial charge in [0.1, 0.15) is 28.4 Å². The number of carbonyl (C=O) groups is 1. The standard InChI is InChI=1S/C35H34NO2.C15H28O2.Ir/c1-20(2)16-23-12-13-30-28(17-23)31(22(4)37-30)33-21(3)26-14-15-36-32(34(26)38-33)25-18-24-10-8-9-11-27(24)29(19-25)35(5,6)7;1-7-14(5,8-2)12(16)11-13(17)15(6,9-3)10-4;/h8-15,17,19-20H,16H2,1-7H3;11,16H,7-10H2,1-6H3;/q-1;;/b;12-11-;. The Bertz CT molecular complexity index is 2340. The van der Waals surface area contributed by atoms with E-state index in [0.29, 0.717) is 5.92 Å². The van der Waals surface area contributed by atoms with Gasteiger partial charge in [-0.3, -0.25) is 9.78 Å². The molecule has 56 heavy (non-hydrogen) atoms. The van der Waals surface area contributed by atoms with Gasteiger partial charge >= 0.3 is 0 Å². The fourth-order valence-electron chi connectivity index (χ4n) is 7.39. The summed E-state index contributed by atoms with van der Waals surface area (Å²) in [6, 6.07) is 22.9. The monoisotopic (exact) mass is 933 g/mol. The van der Waals surface area contributed by atoms with Crippen molar-refractivity contribution in [3.05, 3.63) is 101 Å². The SMILES string of the molecule is CCC(C)(CC)C(=O)/C=C(\O)C(C)(CC)CC.Cc1oc2ccc(CC(C)C)cc2c1-c1oc2c(-c3[c-]c4ccccc4c(C(C)(C)C)c3)nccc2c1C.[Ir]. The molecule has 5 nitrogen and oxygen atoms in total. The Morgan fingerprint density at radius 3 is 2.09 bits per heavy atom. The predicted octanol–water partition coefficient (Wildman–Crippen LogP) is 14.6. The first-order valence-corrected chi connectivity index (χ1v) is 20.2. The molecule has 6 aromatic rings. The van der Waals surface area contributed by atoms with Gasteiger partial charge in [-0.2, -0.15) is 0 Å². The number of hydrogen-bond acceptors (Lipinski definition) is 5. The van der Waals surface area contributed by atoms with Crippen LogP contribution < -0.4 is 0 Å². The van der Waals surface area contributed by atoms with Crippen molar-refractivity contribution in [2.75, 3.05) is 0 Å². The maximum absolute atomic E-state index is 12.2. The summed E-state index contributed by atoms with van der Waals surface area (Å²) in [6.07, 6.45) is 7.66. The van der Waals surface area contributed by atoms with Gasteiger partial charge in [0.15, 0.2) is 5.78 Å². The average molecular weight is 933 g/mol. The van der Waals surface area contributed by atoms with Crippen LogP contribution >= 0.6 is 0 Å². The summed E-state index contributed by atoms with van der Waals surface area (Å²) < 4.78 is 12.9. The second-order valence-corrected chi connectivity index (χ2v) is 17.4. The molecule has 0 aliphatic carbocycles. The maximum atomic E-state index is 12.2. The van der Waals surface area contributed by atoms with E-state index in [4.69, 9.17) is 13.8 Å². The van der Waals surface area contributed by atoms with Gasteiger partial charge in [0.05, 0.1) is 5.56 Å². The van der Waals surface area contributed by atoms with Crippen molar-refractivity contribution in [1.82, 2.24) is 4.98 Å². The van der Waals surface area contributed by atoms with Crippen molar-refractivity contribution in [2.45, 2.75) is 128 Å². The molecule has 3 aromatic heterocycles. The molecular formula is C50H62IrNO4-. The Morgan fingerprint density at radius 2 is 1.48 bits per heavy atom. The molecule has 0 saturated carbocycles. The van der Waals surface area contributed by atoms with E-state index in [0.717, 1.165) is 93.3 Å². The number of fused-ring (bicyclic) bond motifs is 3. The molecule has 0 spiro atoms. The van der Waals surface area contributed by atoms with E-state index in [1.165, 1.54) is 22.6 Å². The molecule has 0 aliphatic heterocycles. The summed E-state index contributed by atoms with van der Waals surface area (Å²) in [5.74, 6) is 2.59. The number of carbonyl (C=O) groups excluding carboxylic acids is 1. The molecule has 0 saturated heterocycles. The van der Waals surface area contributed by atoms with Gasteiger partial charge in [-0.1, -0.05) is 111 Å². The Labute approximate surface area is 348 Å². The molecule has 0 amide bonds. The zero-order valence-electron chi connectivity index (χ0n) is 35.9. The zero-order chi connectivity index (χ0) is 40.5. The number of benzene rings is 3. The van der Waals surface area contributed by atoms with Gasteiger partial charge in [0, 0.05) is 65.2 Å². The predicted molar refractivity (Wildman–Crippen MR) is 231 cm³/mol. The van der Waals surface area contributed by atoms with E-state index in [-0.39, 0.29) is 47.9 Å². The summed E-state index contributed by atoms with van der Waals surface area (Å²) in [7, 11) is 0. The van der Waals surface area contributed by atoms with Crippen molar-refractivity contribution in [3.63, 3.8) is 0 Å². The first-order valence-electron chi connectivity index (χ1n) is 20.2. The number of aliphatic hydroxyl groups is 1. The van der Waals surface area contributed by atoms with E-state index in [2.05, 4.69) is 102 Å². The van der Waals surface area contributed by atoms with Crippen LogP contribution in [0.3, 0.4) is 0 Å². The van der Waals surface area contributed by atoms with E-state index >= 15 is 0 Å². The summed E-state index contributed by atoms with van der Waals surface area (Å²) in [4.78, 5) is 17.0. The first-order chi connectivity index (χ1) is 25.9. The molecule has 0 bridgehead atoms. The van der Waals surface area contributed by atoms with Crippen LogP contribution in [0.15, 0.2) is 81.5 Å². The van der Waals surface area contributed by atoms with Gasteiger partial charge < -0.3 is 13.9 Å². The minimum absolute atomic E-state index is 0. The molecular weight excluding hydrogens is 871 g/mol. The van der Waals surface area contributed by atoms with Gasteiger partial charge in [-0.15, -0.1) is 29.1 Å². The number of nitrogens with zero attached hydrogens (tertiary/aromatic N) is 1. The number of rotatable bonds is 11. The van der Waals surface area contributed by atoms with Crippen molar-refractivity contribution >= 4 is 38.5 Å². The Kier molecular flexibility index (Phi) is 14.1. The summed E-state index contributed by atoms with van der Waals surface area (Å²) in [5, 5.41) is 14.6. The molecule has 0 fully saturated rings. The van der Waals surface area contributed by atoms with Crippen molar-refractivity contribution < 1.29 is 38.8 Å². The molecule has 0 atom stereocenters. The molecule has 1 N–H and O–H groups in total. The molecule has 301 valence electrons. The summed E-state index contributed by atoms with van der Waals surface area (Å²) >= 11 is 0. The van der Waals surface area contributed by atoms with Crippen molar-refractivity contribution in [3.8, 4) is 22.6 Å². The van der Waals surface area contributed by atoms with E-state index in [1.54, 1.807) is 0 Å². The number of aromatic nitrogens is 1. The van der Waals surface area contributed by atoms with Crippen molar-refractivity contribution in [1.29, 1.82) is 0 Å². The van der Waals surface area contributed by atoms with Crippen LogP contribution in [-0.4, -0.2) is 15.9 Å². The van der Waals surface area contributed by atoms with Crippen LogP contribution in [0.25, 0.3) is 55.3 Å². The topological polar surface area (TPSA) is 76.5 Å². The number of aryl methyl sites for hydroxylation is 2. The maximum Gasteiger partial charge on any atom is 0.164 e. The van der Waals surface area contributed by atoms with Crippen LogP contribution in [0.1, 0.15) is 124 Å². The first kappa shape index (κ1) is 44.7. The fourth-order valence-corrected chi connectivity index (χ4v) is 7.39. The number of hydrogen-bond donors (Lipinski definition) is 1. The number of allylic oxidation sites excluding steroid dienone is 2. The second kappa shape index (κ2) is 17.7. The van der Waals surface area contributed by atoms with E-state index in [1.807, 2.05) is 54.7 Å². The van der Waals surface area contributed by atoms with Crippen LogP contribution in [-0.2, 0) is 36.7 Å². The number of ketones is 1. The van der Waals surface area contributed by atoms with Crippen LogP contribution in [0.4, 0.5) is 0 Å². The number of pyridine rings is 1. The minimum Gasteiger partial charge on any atom is -0.512 e. The molecule has 6 rings (SSSR count). The van der Waals surface area contributed by atoms with Gasteiger partial charge in [0.25, 0.3) is 0 Å². The van der Waals surface area contributed by atoms with Crippen LogP contribution in [0.5, 0.6) is 0 Å². The molecule has 3 aromatic carbocycles. The van der Waals surface area contributed by atoms with Gasteiger partial charge in [-0.25, -0.2) is 0 Å². The Hall–Kier alpha value is -3.99. The molecule has 0 unspecified atom stereocenters. The zero-order valence-corrected chi connectivity index (χ0v) is 38.3. The third-order valence-corrected chi connectivity index (χ3v) is 12.1. The quantitative estimate of drug-likeness (QED) is 0.0796. The molecule has 6 heteroatoms. The van der Waals surface area contributed by atoms with Crippen molar-refractivity contribution in [2.24, 2.45) is 16.7 Å². The van der Waals surface area contributed by atoms with E-state index < -0.39 is 0 Å². The number of aliphatic hydroxyl groups excluding tert-OH is 1. The average Bonchev–Trinajstić information content (AvgIpc) is 3.67. The normalized spacial score (nSPS) is 12.6. The Balaban J connectivity index is 0.000000330. The van der Waals surface area contributed by atoms with Crippen LogP contribution in [0.2, 0.25) is 0 Å².